The Kier molecular flexibility index (Phi) is 4.26. The number of furan rings is 1. The van der Waals surface area contributed by atoms with Gasteiger partial charge in [-0.2, -0.15) is 0 Å². The minimum atomic E-state index is -0.857. The molecule has 1 spiro atoms. The summed E-state index contributed by atoms with van der Waals surface area (Å²) in [7, 11) is 1.76. The molecule has 6 heteroatoms. The second-order valence-electron chi connectivity index (χ2n) is 8.08. The summed E-state index contributed by atoms with van der Waals surface area (Å²) < 4.78 is 6.07. The quantitative estimate of drug-likeness (QED) is 0.899. The normalized spacial score (nSPS) is 22.9. The van der Waals surface area contributed by atoms with Gasteiger partial charge in [0.25, 0.3) is 0 Å². The molecule has 27 heavy (non-hydrogen) atoms. The number of hydrogen-bond donors (Lipinski definition) is 1. The minimum Gasteiger partial charge on any atom is -0.481 e. The van der Waals surface area contributed by atoms with E-state index in [4.69, 9.17) is 4.42 Å². The summed E-state index contributed by atoms with van der Waals surface area (Å²) in [6.45, 7) is 6.41. The van der Waals surface area contributed by atoms with Gasteiger partial charge in [0.1, 0.15) is 11.3 Å². The van der Waals surface area contributed by atoms with Gasteiger partial charge in [-0.1, -0.05) is 11.6 Å². The summed E-state index contributed by atoms with van der Waals surface area (Å²) in [4.78, 5) is 27.8. The van der Waals surface area contributed by atoms with E-state index in [-0.39, 0.29) is 12.3 Å². The van der Waals surface area contributed by atoms with Crippen molar-refractivity contribution < 1.29 is 19.1 Å². The van der Waals surface area contributed by atoms with Gasteiger partial charge in [-0.15, -0.1) is 0 Å². The number of amides is 1. The van der Waals surface area contributed by atoms with Crippen LogP contribution in [0.5, 0.6) is 0 Å². The molecule has 1 amide bonds. The van der Waals surface area contributed by atoms with Crippen molar-refractivity contribution in [3.8, 4) is 0 Å². The lowest BCUT2D eigenvalue weighted by molar-refractivity contribution is -0.146. The first-order valence-corrected chi connectivity index (χ1v) is 9.52. The number of benzene rings is 1. The molecule has 1 atom stereocenters. The number of piperidine rings is 1. The first kappa shape index (κ1) is 18.0. The van der Waals surface area contributed by atoms with Gasteiger partial charge in [0.2, 0.25) is 5.91 Å². The number of aryl methyl sites for hydroxylation is 2. The van der Waals surface area contributed by atoms with E-state index in [9.17, 15) is 14.7 Å². The van der Waals surface area contributed by atoms with Gasteiger partial charge >= 0.3 is 5.97 Å². The fourth-order valence-corrected chi connectivity index (χ4v) is 4.82. The Morgan fingerprint density at radius 2 is 2.00 bits per heavy atom. The van der Waals surface area contributed by atoms with Crippen molar-refractivity contribution in [1.82, 2.24) is 9.80 Å². The summed E-state index contributed by atoms with van der Waals surface area (Å²) >= 11 is 0. The number of fused-ring (bicyclic) bond motifs is 1. The molecule has 2 saturated heterocycles. The molecule has 2 aromatic rings. The number of carbonyl (C=O) groups excluding carboxylic acids is 1. The third-order valence-electron chi connectivity index (χ3n) is 6.65. The smallest absolute Gasteiger partial charge is 0.309 e. The van der Waals surface area contributed by atoms with Crippen LogP contribution in [0.4, 0.5) is 0 Å². The number of rotatable bonds is 3. The van der Waals surface area contributed by atoms with Gasteiger partial charge in [-0.05, 0) is 44.4 Å². The summed E-state index contributed by atoms with van der Waals surface area (Å²) in [5.74, 6) is -0.547. The Hall–Kier alpha value is -2.34. The van der Waals surface area contributed by atoms with Crippen LogP contribution in [-0.4, -0.2) is 52.5 Å². The average molecular weight is 370 g/mol. The molecule has 2 aliphatic rings. The average Bonchev–Trinajstić information content (AvgIpc) is 3.07. The molecule has 3 heterocycles. The van der Waals surface area contributed by atoms with Gasteiger partial charge in [0.05, 0.1) is 18.0 Å². The predicted molar refractivity (Wildman–Crippen MR) is 101 cm³/mol. The van der Waals surface area contributed by atoms with Gasteiger partial charge in [-0.3, -0.25) is 14.5 Å². The van der Waals surface area contributed by atoms with E-state index in [1.807, 2.05) is 6.07 Å². The van der Waals surface area contributed by atoms with Crippen molar-refractivity contribution >= 4 is 22.8 Å². The van der Waals surface area contributed by atoms with Crippen molar-refractivity contribution in [2.24, 2.45) is 5.92 Å². The highest BCUT2D eigenvalue weighted by molar-refractivity contribution is 5.88. The molecule has 6 nitrogen and oxygen atoms in total. The molecule has 1 unspecified atom stereocenters. The highest BCUT2D eigenvalue weighted by Gasteiger charge is 2.55. The van der Waals surface area contributed by atoms with Crippen LogP contribution in [0.25, 0.3) is 11.0 Å². The fourth-order valence-electron chi connectivity index (χ4n) is 4.82. The first-order chi connectivity index (χ1) is 12.8. The van der Waals surface area contributed by atoms with Crippen LogP contribution in [0.1, 0.15) is 36.1 Å². The number of nitrogens with zero attached hydrogens (tertiary/aromatic N) is 2. The second-order valence-corrected chi connectivity index (χ2v) is 8.08. The largest absolute Gasteiger partial charge is 0.481 e. The third kappa shape index (κ3) is 2.83. The lowest BCUT2D eigenvalue weighted by atomic mass is 9.77. The zero-order valence-electron chi connectivity index (χ0n) is 16.1. The van der Waals surface area contributed by atoms with Crippen LogP contribution < -0.4 is 0 Å². The van der Waals surface area contributed by atoms with E-state index in [1.54, 1.807) is 11.9 Å². The van der Waals surface area contributed by atoms with Crippen molar-refractivity contribution in [1.29, 1.82) is 0 Å². The molecule has 0 radical (unpaired) electrons. The lowest BCUT2D eigenvalue weighted by Crippen LogP contribution is -2.55. The molecular weight excluding hydrogens is 344 g/mol. The standard InChI is InChI=1S/C21H26N2O4/c1-13-4-5-17-15(10-13)14(2)18(27-17)12-23-8-6-21(7-9-23)16(20(25)26)11-19(24)22(21)3/h4-5,10,16H,6-9,11-12H2,1-3H3,(H,25,26). The van der Waals surface area contributed by atoms with Crippen molar-refractivity contribution in [3.63, 3.8) is 0 Å². The number of carboxylic acid groups (broad SMARTS) is 1. The highest BCUT2D eigenvalue weighted by atomic mass is 16.4. The van der Waals surface area contributed by atoms with Crippen molar-refractivity contribution in [3.05, 3.63) is 35.1 Å². The van der Waals surface area contributed by atoms with Crippen LogP contribution >= 0.6 is 0 Å². The molecule has 1 aromatic carbocycles. The lowest BCUT2D eigenvalue weighted by Gasteiger charge is -2.45. The van der Waals surface area contributed by atoms with E-state index in [0.717, 1.165) is 29.8 Å². The van der Waals surface area contributed by atoms with Crippen LogP contribution in [0.2, 0.25) is 0 Å². The van der Waals surface area contributed by atoms with Gasteiger partial charge in [0.15, 0.2) is 0 Å². The summed E-state index contributed by atoms with van der Waals surface area (Å²) in [5.41, 5.74) is 2.75. The Morgan fingerprint density at radius 3 is 2.67 bits per heavy atom. The molecule has 0 aliphatic carbocycles. The fraction of sp³-hybridized carbons (Fsp3) is 0.524. The van der Waals surface area contributed by atoms with Gasteiger partial charge in [0, 0.05) is 31.9 Å². The SMILES string of the molecule is Cc1ccc2oc(CN3CCC4(CC3)C(C(=O)O)CC(=O)N4C)c(C)c2c1. The molecular formula is C21H26N2O4. The van der Waals surface area contributed by atoms with Crippen molar-refractivity contribution in [2.45, 2.75) is 45.2 Å². The molecule has 144 valence electrons. The zero-order chi connectivity index (χ0) is 19.3. The van der Waals surface area contributed by atoms with Crippen molar-refractivity contribution in [2.75, 3.05) is 20.1 Å². The Labute approximate surface area is 158 Å². The maximum atomic E-state index is 12.1. The first-order valence-electron chi connectivity index (χ1n) is 9.52. The van der Waals surface area contributed by atoms with Crippen LogP contribution in [0.15, 0.2) is 22.6 Å². The summed E-state index contributed by atoms with van der Waals surface area (Å²) in [6, 6.07) is 6.22. The molecule has 1 aromatic heterocycles. The number of likely N-dealkylation sites (tertiary alicyclic amines) is 2. The van der Waals surface area contributed by atoms with E-state index in [0.29, 0.717) is 19.4 Å². The van der Waals surface area contributed by atoms with Gasteiger partial charge < -0.3 is 14.4 Å². The Morgan fingerprint density at radius 1 is 1.30 bits per heavy atom. The molecule has 2 fully saturated rings. The molecule has 4 rings (SSSR count). The maximum absolute atomic E-state index is 12.1. The van der Waals surface area contributed by atoms with Gasteiger partial charge in [-0.25, -0.2) is 0 Å². The molecule has 0 bridgehead atoms. The number of carboxylic acids is 1. The predicted octanol–water partition coefficient (Wildman–Crippen LogP) is 2.95. The highest BCUT2D eigenvalue weighted by Crippen LogP contribution is 2.43. The Balaban J connectivity index is 1.51. The Bertz CT molecular complexity index is 908. The summed E-state index contributed by atoms with van der Waals surface area (Å²) in [6.07, 6.45) is 1.49. The van der Waals surface area contributed by atoms with E-state index >= 15 is 0 Å². The molecule has 2 aliphatic heterocycles. The third-order valence-corrected chi connectivity index (χ3v) is 6.65. The molecule has 0 saturated carbocycles. The maximum Gasteiger partial charge on any atom is 0.309 e. The second kappa shape index (κ2) is 6.37. The minimum absolute atomic E-state index is 0.0562. The number of hydrogen-bond acceptors (Lipinski definition) is 4. The number of aliphatic carboxylic acids is 1. The van der Waals surface area contributed by atoms with Crippen LogP contribution in [0, 0.1) is 19.8 Å². The molecule has 1 N–H and O–H groups in total. The van der Waals surface area contributed by atoms with E-state index in [2.05, 4.69) is 30.9 Å². The monoisotopic (exact) mass is 370 g/mol. The van der Waals surface area contributed by atoms with Crippen LogP contribution in [0.3, 0.4) is 0 Å². The number of carbonyl (C=O) groups is 2. The zero-order valence-corrected chi connectivity index (χ0v) is 16.1. The van der Waals surface area contributed by atoms with Crippen LogP contribution in [-0.2, 0) is 16.1 Å². The summed E-state index contributed by atoms with van der Waals surface area (Å²) in [5, 5.41) is 10.8. The topological polar surface area (TPSA) is 74.0 Å². The van der Waals surface area contributed by atoms with E-state index < -0.39 is 17.4 Å². The van der Waals surface area contributed by atoms with E-state index in [1.165, 1.54) is 11.1 Å².